The Hall–Kier alpha value is -2.00. The van der Waals surface area contributed by atoms with Crippen molar-refractivity contribution in [3.05, 3.63) is 59.0 Å². The molecule has 0 radical (unpaired) electrons. The molecule has 2 aromatic heterocycles. The van der Waals surface area contributed by atoms with E-state index in [4.69, 9.17) is 11.6 Å². The number of aromatic amines is 1. The van der Waals surface area contributed by atoms with Crippen LogP contribution in [0.1, 0.15) is 11.1 Å². The van der Waals surface area contributed by atoms with Crippen LogP contribution in [0.2, 0.25) is 5.15 Å². The van der Waals surface area contributed by atoms with Gasteiger partial charge in [0.25, 0.3) is 0 Å². The van der Waals surface area contributed by atoms with Crippen LogP contribution >= 0.6 is 11.6 Å². The summed E-state index contributed by atoms with van der Waals surface area (Å²) in [6.07, 6.45) is 3.66. The quantitative estimate of drug-likeness (QED) is 0.703. The minimum Gasteiger partial charge on any atom is -0.378 e. The van der Waals surface area contributed by atoms with Gasteiger partial charge in [0.05, 0.1) is 5.69 Å². The van der Waals surface area contributed by atoms with Crippen molar-refractivity contribution >= 4 is 28.2 Å². The number of aryl methyl sites for hydroxylation is 1. The number of hydrogen-bond acceptors (Lipinski definition) is 2. The lowest BCUT2D eigenvalue weighted by Gasteiger charge is -2.10. The molecule has 0 bridgehead atoms. The van der Waals surface area contributed by atoms with Gasteiger partial charge in [-0.15, -0.1) is 0 Å². The van der Waals surface area contributed by atoms with Gasteiger partial charge in [-0.3, -0.25) is 0 Å². The number of fused-ring (bicyclic) bond motifs is 1. The van der Waals surface area contributed by atoms with Crippen molar-refractivity contribution in [3.8, 4) is 0 Å². The van der Waals surface area contributed by atoms with Gasteiger partial charge in [0.2, 0.25) is 0 Å². The molecule has 0 fully saturated rings. The van der Waals surface area contributed by atoms with Crippen molar-refractivity contribution in [2.75, 3.05) is 5.32 Å². The highest BCUT2D eigenvalue weighted by atomic mass is 35.5. The number of rotatable bonds is 3. The fraction of sp³-hybridized carbons (Fsp3) is 0.133. The van der Waals surface area contributed by atoms with Gasteiger partial charge in [-0.2, -0.15) is 0 Å². The summed E-state index contributed by atoms with van der Waals surface area (Å²) >= 11 is 6.09. The summed E-state index contributed by atoms with van der Waals surface area (Å²) in [4.78, 5) is 7.31. The molecule has 2 N–H and O–H groups in total. The van der Waals surface area contributed by atoms with Crippen molar-refractivity contribution in [1.29, 1.82) is 0 Å². The SMILES string of the molecule is Cc1ccnc(Cl)c1NCc1ccc2cc[nH]c2c1. The van der Waals surface area contributed by atoms with E-state index < -0.39 is 0 Å². The van der Waals surface area contributed by atoms with E-state index in [-0.39, 0.29) is 0 Å². The number of benzene rings is 1. The second-order valence-electron chi connectivity index (χ2n) is 4.55. The fourth-order valence-corrected chi connectivity index (χ4v) is 2.41. The zero-order valence-electron chi connectivity index (χ0n) is 10.6. The van der Waals surface area contributed by atoms with Crippen molar-refractivity contribution in [2.45, 2.75) is 13.5 Å². The average Bonchev–Trinajstić information content (AvgIpc) is 2.85. The Kier molecular flexibility index (Phi) is 3.13. The molecule has 3 aromatic rings. The number of hydrogen-bond donors (Lipinski definition) is 2. The van der Waals surface area contributed by atoms with E-state index in [9.17, 15) is 0 Å². The first-order valence-electron chi connectivity index (χ1n) is 6.15. The maximum absolute atomic E-state index is 6.09. The zero-order valence-corrected chi connectivity index (χ0v) is 11.3. The molecule has 0 unspecified atom stereocenters. The van der Waals surface area contributed by atoms with Gasteiger partial charge in [-0.05, 0) is 41.6 Å². The Labute approximate surface area is 116 Å². The zero-order chi connectivity index (χ0) is 13.2. The number of halogens is 1. The molecule has 1 aromatic carbocycles. The molecule has 4 heteroatoms. The fourth-order valence-electron chi connectivity index (χ4n) is 2.13. The highest BCUT2D eigenvalue weighted by Crippen LogP contribution is 2.23. The molecule has 0 amide bonds. The van der Waals surface area contributed by atoms with Crippen LogP contribution in [0.25, 0.3) is 10.9 Å². The van der Waals surface area contributed by atoms with Crippen LogP contribution in [0.3, 0.4) is 0 Å². The van der Waals surface area contributed by atoms with E-state index in [1.807, 2.05) is 19.2 Å². The molecule has 0 spiro atoms. The molecule has 19 heavy (non-hydrogen) atoms. The van der Waals surface area contributed by atoms with E-state index in [2.05, 4.69) is 39.6 Å². The Morgan fingerprint density at radius 1 is 1.26 bits per heavy atom. The highest BCUT2D eigenvalue weighted by Gasteiger charge is 2.04. The third kappa shape index (κ3) is 2.42. The summed E-state index contributed by atoms with van der Waals surface area (Å²) in [5.74, 6) is 0. The van der Waals surface area contributed by atoms with Crippen LogP contribution in [0.15, 0.2) is 42.7 Å². The lowest BCUT2D eigenvalue weighted by Crippen LogP contribution is -2.02. The second-order valence-corrected chi connectivity index (χ2v) is 4.90. The molecule has 0 atom stereocenters. The highest BCUT2D eigenvalue weighted by molar-refractivity contribution is 6.32. The predicted molar refractivity (Wildman–Crippen MR) is 79.6 cm³/mol. The Balaban J connectivity index is 1.82. The first-order valence-corrected chi connectivity index (χ1v) is 6.53. The minimum absolute atomic E-state index is 0.515. The van der Waals surface area contributed by atoms with E-state index in [0.717, 1.165) is 23.3 Å². The number of nitrogens with one attached hydrogen (secondary N) is 2. The van der Waals surface area contributed by atoms with E-state index in [1.165, 1.54) is 10.9 Å². The molecule has 0 aliphatic rings. The number of pyridine rings is 1. The van der Waals surface area contributed by atoms with Gasteiger partial charge in [0.1, 0.15) is 0 Å². The molecule has 0 aliphatic heterocycles. The van der Waals surface area contributed by atoms with Crippen molar-refractivity contribution in [2.24, 2.45) is 0 Å². The first-order chi connectivity index (χ1) is 9.24. The number of aromatic nitrogens is 2. The minimum atomic E-state index is 0.515. The largest absolute Gasteiger partial charge is 0.378 e. The predicted octanol–water partition coefficient (Wildman–Crippen LogP) is 4.14. The topological polar surface area (TPSA) is 40.7 Å². The van der Waals surface area contributed by atoms with Crippen LogP contribution < -0.4 is 5.32 Å². The van der Waals surface area contributed by atoms with Crippen LogP contribution in [-0.2, 0) is 6.54 Å². The molecule has 96 valence electrons. The molecule has 2 heterocycles. The summed E-state index contributed by atoms with van der Waals surface area (Å²) < 4.78 is 0. The molecular weight excluding hydrogens is 258 g/mol. The van der Waals surface area contributed by atoms with Crippen LogP contribution in [0.5, 0.6) is 0 Å². The van der Waals surface area contributed by atoms with Crippen LogP contribution in [-0.4, -0.2) is 9.97 Å². The third-order valence-corrected chi connectivity index (χ3v) is 3.49. The smallest absolute Gasteiger partial charge is 0.152 e. The molecule has 3 nitrogen and oxygen atoms in total. The first kappa shape index (κ1) is 12.1. The van der Waals surface area contributed by atoms with Gasteiger partial charge in [0.15, 0.2) is 5.15 Å². The normalized spacial score (nSPS) is 10.8. The van der Waals surface area contributed by atoms with Gasteiger partial charge in [-0.25, -0.2) is 4.98 Å². The standard InChI is InChI=1S/C15H14ClN3/c1-10-4-6-18-15(16)14(10)19-9-11-2-3-12-5-7-17-13(12)8-11/h2-8,17,19H,9H2,1H3. The Morgan fingerprint density at radius 2 is 2.16 bits per heavy atom. The second kappa shape index (κ2) is 4.94. The maximum Gasteiger partial charge on any atom is 0.152 e. The molecule has 0 saturated heterocycles. The van der Waals surface area contributed by atoms with Gasteiger partial charge in [-0.1, -0.05) is 23.7 Å². The van der Waals surface area contributed by atoms with E-state index in [0.29, 0.717) is 5.15 Å². The summed E-state index contributed by atoms with van der Waals surface area (Å²) in [7, 11) is 0. The molecule has 3 rings (SSSR count). The summed E-state index contributed by atoms with van der Waals surface area (Å²) in [6, 6.07) is 10.4. The monoisotopic (exact) mass is 271 g/mol. The number of nitrogens with zero attached hydrogens (tertiary/aromatic N) is 1. The van der Waals surface area contributed by atoms with Crippen molar-refractivity contribution < 1.29 is 0 Å². The molecule has 0 aliphatic carbocycles. The number of H-pyrrole nitrogens is 1. The lowest BCUT2D eigenvalue weighted by atomic mass is 10.1. The summed E-state index contributed by atoms with van der Waals surface area (Å²) in [6.45, 7) is 2.74. The Bertz CT molecular complexity index is 698. The van der Waals surface area contributed by atoms with Crippen LogP contribution in [0, 0.1) is 6.92 Å². The summed E-state index contributed by atoms with van der Waals surface area (Å²) in [5, 5.41) is 5.08. The molecular formula is C15H14ClN3. The third-order valence-electron chi connectivity index (χ3n) is 3.20. The van der Waals surface area contributed by atoms with Crippen molar-refractivity contribution in [1.82, 2.24) is 9.97 Å². The van der Waals surface area contributed by atoms with Gasteiger partial charge >= 0.3 is 0 Å². The van der Waals surface area contributed by atoms with E-state index >= 15 is 0 Å². The number of anilines is 1. The van der Waals surface area contributed by atoms with Crippen molar-refractivity contribution in [3.63, 3.8) is 0 Å². The van der Waals surface area contributed by atoms with E-state index in [1.54, 1.807) is 6.20 Å². The summed E-state index contributed by atoms with van der Waals surface area (Å²) in [5.41, 5.74) is 4.35. The maximum atomic E-state index is 6.09. The van der Waals surface area contributed by atoms with Gasteiger partial charge in [0, 0.05) is 24.5 Å². The average molecular weight is 272 g/mol. The van der Waals surface area contributed by atoms with Gasteiger partial charge < -0.3 is 10.3 Å². The molecule has 0 saturated carbocycles. The Morgan fingerprint density at radius 3 is 3.00 bits per heavy atom. The lowest BCUT2D eigenvalue weighted by molar-refractivity contribution is 1.13. The van der Waals surface area contributed by atoms with Crippen LogP contribution in [0.4, 0.5) is 5.69 Å².